The maximum Gasteiger partial charge on any atom is 0.233 e. The first-order chi connectivity index (χ1) is 10.7. The lowest BCUT2D eigenvalue weighted by Crippen LogP contribution is -1.99. The molecule has 2 aromatic carbocycles. The van der Waals surface area contributed by atoms with Crippen molar-refractivity contribution < 1.29 is 4.74 Å². The van der Waals surface area contributed by atoms with Crippen LogP contribution in [0.5, 0.6) is 5.88 Å². The van der Waals surface area contributed by atoms with Crippen molar-refractivity contribution in [3.63, 3.8) is 0 Å². The Hall–Kier alpha value is -2.68. The minimum Gasteiger partial charge on any atom is -0.472 e. The van der Waals surface area contributed by atoms with Gasteiger partial charge in [0.15, 0.2) is 0 Å². The first kappa shape index (κ1) is 14.3. The molecule has 0 saturated heterocycles. The smallest absolute Gasteiger partial charge is 0.233 e. The molecule has 1 heterocycles. The molecule has 0 radical (unpaired) electrons. The summed E-state index contributed by atoms with van der Waals surface area (Å²) in [5.41, 5.74) is 5.51. The summed E-state index contributed by atoms with van der Waals surface area (Å²) in [6.45, 7) is 4.69. The SMILES string of the molecule is Cc1cccc(-c2cncc(OCc3ccccc3)n2)c1C. The van der Waals surface area contributed by atoms with E-state index in [9.17, 15) is 0 Å². The molecule has 0 aliphatic rings. The lowest BCUT2D eigenvalue weighted by molar-refractivity contribution is 0.293. The quantitative estimate of drug-likeness (QED) is 0.717. The van der Waals surface area contributed by atoms with Gasteiger partial charge in [-0.1, -0.05) is 48.5 Å². The van der Waals surface area contributed by atoms with Crippen molar-refractivity contribution in [2.75, 3.05) is 0 Å². The van der Waals surface area contributed by atoms with Gasteiger partial charge in [0.25, 0.3) is 0 Å². The molecule has 0 unspecified atom stereocenters. The molecule has 0 atom stereocenters. The van der Waals surface area contributed by atoms with Crippen LogP contribution in [0.2, 0.25) is 0 Å². The maximum absolute atomic E-state index is 5.75. The van der Waals surface area contributed by atoms with E-state index >= 15 is 0 Å². The van der Waals surface area contributed by atoms with Crippen molar-refractivity contribution in [2.24, 2.45) is 0 Å². The summed E-state index contributed by atoms with van der Waals surface area (Å²) < 4.78 is 5.75. The van der Waals surface area contributed by atoms with E-state index in [1.807, 2.05) is 36.4 Å². The minimum absolute atomic E-state index is 0.492. The molecular formula is C19H18N2O. The van der Waals surface area contributed by atoms with Crippen molar-refractivity contribution in [1.82, 2.24) is 9.97 Å². The van der Waals surface area contributed by atoms with Crippen molar-refractivity contribution in [3.05, 3.63) is 77.6 Å². The predicted molar refractivity (Wildman–Crippen MR) is 87.7 cm³/mol. The van der Waals surface area contributed by atoms with Gasteiger partial charge in [-0.2, -0.15) is 0 Å². The van der Waals surface area contributed by atoms with E-state index in [1.165, 1.54) is 11.1 Å². The molecule has 110 valence electrons. The van der Waals surface area contributed by atoms with Gasteiger partial charge in [-0.3, -0.25) is 4.98 Å². The summed E-state index contributed by atoms with van der Waals surface area (Å²) >= 11 is 0. The number of aryl methyl sites for hydroxylation is 1. The maximum atomic E-state index is 5.75. The molecule has 0 aliphatic heterocycles. The average Bonchev–Trinajstić information content (AvgIpc) is 2.57. The highest BCUT2D eigenvalue weighted by atomic mass is 16.5. The Bertz CT molecular complexity index is 769. The number of hydrogen-bond acceptors (Lipinski definition) is 3. The molecule has 1 aromatic heterocycles. The van der Waals surface area contributed by atoms with Crippen molar-refractivity contribution in [3.8, 4) is 17.1 Å². The van der Waals surface area contributed by atoms with E-state index in [0.717, 1.165) is 16.8 Å². The van der Waals surface area contributed by atoms with Gasteiger partial charge in [0.1, 0.15) is 6.61 Å². The Kier molecular flexibility index (Phi) is 4.15. The van der Waals surface area contributed by atoms with Gasteiger partial charge < -0.3 is 4.74 Å². The third-order valence-electron chi connectivity index (χ3n) is 3.72. The summed E-state index contributed by atoms with van der Waals surface area (Å²) in [5.74, 6) is 0.544. The van der Waals surface area contributed by atoms with Crippen LogP contribution in [-0.4, -0.2) is 9.97 Å². The second-order valence-corrected chi connectivity index (χ2v) is 5.26. The molecule has 22 heavy (non-hydrogen) atoms. The van der Waals surface area contributed by atoms with Crippen LogP contribution in [0.15, 0.2) is 60.9 Å². The van der Waals surface area contributed by atoms with Crippen LogP contribution in [0.25, 0.3) is 11.3 Å². The van der Waals surface area contributed by atoms with Crippen molar-refractivity contribution in [2.45, 2.75) is 20.5 Å². The molecule has 3 nitrogen and oxygen atoms in total. The summed E-state index contributed by atoms with van der Waals surface area (Å²) in [5, 5.41) is 0. The first-order valence-electron chi connectivity index (χ1n) is 7.29. The third-order valence-corrected chi connectivity index (χ3v) is 3.72. The second kappa shape index (κ2) is 6.39. The Balaban J connectivity index is 1.82. The molecule has 3 aromatic rings. The third kappa shape index (κ3) is 3.14. The molecule has 0 amide bonds. The van der Waals surface area contributed by atoms with Crippen LogP contribution in [0.3, 0.4) is 0 Å². The first-order valence-corrected chi connectivity index (χ1v) is 7.29. The number of benzene rings is 2. The van der Waals surface area contributed by atoms with Gasteiger partial charge in [-0.05, 0) is 30.5 Å². The van der Waals surface area contributed by atoms with E-state index in [-0.39, 0.29) is 0 Å². The zero-order valence-electron chi connectivity index (χ0n) is 12.8. The molecule has 0 N–H and O–H groups in total. The largest absolute Gasteiger partial charge is 0.472 e. The predicted octanol–water partition coefficient (Wildman–Crippen LogP) is 4.34. The number of ether oxygens (including phenoxy) is 1. The topological polar surface area (TPSA) is 35.0 Å². The Morgan fingerprint density at radius 2 is 1.73 bits per heavy atom. The van der Waals surface area contributed by atoms with Crippen molar-refractivity contribution in [1.29, 1.82) is 0 Å². The van der Waals surface area contributed by atoms with E-state index < -0.39 is 0 Å². The molecular weight excluding hydrogens is 272 g/mol. The van der Waals surface area contributed by atoms with Crippen LogP contribution in [0.4, 0.5) is 0 Å². The highest BCUT2D eigenvalue weighted by Crippen LogP contribution is 2.24. The highest BCUT2D eigenvalue weighted by Gasteiger charge is 2.07. The molecule has 0 saturated carbocycles. The van der Waals surface area contributed by atoms with E-state index in [0.29, 0.717) is 12.5 Å². The normalized spacial score (nSPS) is 10.5. The standard InChI is InChI=1S/C19H18N2O/c1-14-7-6-10-17(15(14)2)18-11-20-12-19(21-18)22-13-16-8-4-3-5-9-16/h3-12H,13H2,1-2H3. The van der Waals surface area contributed by atoms with E-state index in [1.54, 1.807) is 12.4 Å². The number of aromatic nitrogens is 2. The zero-order valence-corrected chi connectivity index (χ0v) is 12.8. The number of hydrogen-bond donors (Lipinski definition) is 0. The molecule has 0 aliphatic carbocycles. The van der Waals surface area contributed by atoms with Crippen LogP contribution in [0.1, 0.15) is 16.7 Å². The van der Waals surface area contributed by atoms with E-state index in [4.69, 9.17) is 4.74 Å². The van der Waals surface area contributed by atoms with Gasteiger partial charge in [0, 0.05) is 5.56 Å². The van der Waals surface area contributed by atoms with Crippen LogP contribution < -0.4 is 4.74 Å². The summed E-state index contributed by atoms with van der Waals surface area (Å²) in [6.07, 6.45) is 3.43. The Labute approximate surface area is 130 Å². The highest BCUT2D eigenvalue weighted by molar-refractivity contribution is 5.64. The van der Waals surface area contributed by atoms with Crippen molar-refractivity contribution >= 4 is 0 Å². The molecule has 3 rings (SSSR count). The van der Waals surface area contributed by atoms with Crippen LogP contribution >= 0.6 is 0 Å². The summed E-state index contributed by atoms with van der Waals surface area (Å²) in [6, 6.07) is 16.2. The molecule has 3 heteroatoms. The van der Waals surface area contributed by atoms with Gasteiger partial charge >= 0.3 is 0 Å². The summed E-state index contributed by atoms with van der Waals surface area (Å²) in [4.78, 5) is 8.83. The molecule has 0 spiro atoms. The fourth-order valence-electron chi connectivity index (χ4n) is 2.31. The lowest BCUT2D eigenvalue weighted by atomic mass is 10.0. The molecule has 0 fully saturated rings. The fourth-order valence-corrected chi connectivity index (χ4v) is 2.31. The number of nitrogens with zero attached hydrogens (tertiary/aromatic N) is 2. The number of rotatable bonds is 4. The monoisotopic (exact) mass is 290 g/mol. The zero-order chi connectivity index (χ0) is 15.4. The summed E-state index contributed by atoms with van der Waals surface area (Å²) in [7, 11) is 0. The van der Waals surface area contributed by atoms with Crippen LogP contribution in [-0.2, 0) is 6.61 Å². The van der Waals surface area contributed by atoms with Gasteiger partial charge in [0.05, 0.1) is 18.1 Å². The van der Waals surface area contributed by atoms with Crippen LogP contribution in [0, 0.1) is 13.8 Å². The van der Waals surface area contributed by atoms with Gasteiger partial charge in [-0.15, -0.1) is 0 Å². The Morgan fingerprint density at radius 1 is 0.909 bits per heavy atom. The minimum atomic E-state index is 0.492. The van der Waals surface area contributed by atoms with Gasteiger partial charge in [-0.25, -0.2) is 4.98 Å². The van der Waals surface area contributed by atoms with E-state index in [2.05, 4.69) is 35.9 Å². The average molecular weight is 290 g/mol. The Morgan fingerprint density at radius 3 is 2.55 bits per heavy atom. The fraction of sp³-hybridized carbons (Fsp3) is 0.158. The lowest BCUT2D eigenvalue weighted by Gasteiger charge is -2.10. The molecule has 0 bridgehead atoms. The second-order valence-electron chi connectivity index (χ2n) is 5.26. The van der Waals surface area contributed by atoms with Gasteiger partial charge in [0.2, 0.25) is 5.88 Å².